The van der Waals surface area contributed by atoms with Gasteiger partial charge in [0.1, 0.15) is 0 Å². The number of fused-ring (bicyclic) bond motifs is 1. The summed E-state index contributed by atoms with van der Waals surface area (Å²) in [5.41, 5.74) is 0.573. The normalized spacial score (nSPS) is 28.5. The van der Waals surface area contributed by atoms with Gasteiger partial charge in [0, 0.05) is 55.8 Å². The monoisotopic (exact) mass is 396 g/mol. The first-order chi connectivity index (χ1) is 13.3. The molecule has 28 heavy (non-hydrogen) atoms. The van der Waals surface area contributed by atoms with Crippen LogP contribution in [0.1, 0.15) is 37.8 Å². The van der Waals surface area contributed by atoms with Gasteiger partial charge in [0.25, 0.3) is 0 Å². The second-order valence-corrected chi connectivity index (χ2v) is 7.88. The van der Waals surface area contributed by atoms with Crippen molar-refractivity contribution in [2.45, 2.75) is 57.9 Å². The third-order valence-corrected chi connectivity index (χ3v) is 5.97. The van der Waals surface area contributed by atoms with E-state index in [9.17, 15) is 22.8 Å². The van der Waals surface area contributed by atoms with Gasteiger partial charge in [0.05, 0.1) is 11.7 Å². The number of hydrogen-bond donors (Lipinski definition) is 2. The molecule has 3 aliphatic heterocycles. The predicted octanol–water partition coefficient (Wildman–Crippen LogP) is 1.41. The Hall–Kier alpha value is -2.13. The van der Waals surface area contributed by atoms with Crippen LogP contribution in [0, 0.1) is 17.5 Å². The van der Waals surface area contributed by atoms with Crippen molar-refractivity contribution >= 4 is 17.5 Å². The molecule has 6 nitrogen and oxygen atoms in total. The van der Waals surface area contributed by atoms with Crippen LogP contribution in [-0.4, -0.2) is 47.9 Å². The van der Waals surface area contributed by atoms with E-state index in [2.05, 4.69) is 10.6 Å². The average Bonchev–Trinajstić information content (AvgIpc) is 3.07. The van der Waals surface area contributed by atoms with Crippen molar-refractivity contribution in [2.24, 2.45) is 0 Å². The summed E-state index contributed by atoms with van der Waals surface area (Å²) >= 11 is 0. The molecule has 2 saturated heterocycles. The van der Waals surface area contributed by atoms with E-state index < -0.39 is 29.4 Å². The van der Waals surface area contributed by atoms with Crippen LogP contribution in [0.15, 0.2) is 0 Å². The molecule has 0 aromatic heterocycles. The smallest absolute Gasteiger partial charge is 0.243 e. The van der Waals surface area contributed by atoms with Crippen molar-refractivity contribution in [3.05, 3.63) is 28.6 Å². The van der Waals surface area contributed by atoms with Gasteiger partial charge >= 0.3 is 0 Å². The van der Waals surface area contributed by atoms with E-state index in [0.717, 1.165) is 0 Å². The minimum atomic E-state index is -1.48. The van der Waals surface area contributed by atoms with Crippen molar-refractivity contribution < 1.29 is 22.8 Å². The number of piperidine rings is 1. The van der Waals surface area contributed by atoms with E-state index in [1.807, 2.05) is 13.8 Å². The first-order valence-electron chi connectivity index (χ1n) is 9.54. The lowest BCUT2D eigenvalue weighted by Gasteiger charge is -2.42. The fraction of sp³-hybridized carbons (Fsp3) is 0.579. The van der Waals surface area contributed by atoms with Gasteiger partial charge in [-0.1, -0.05) is 0 Å². The highest BCUT2D eigenvalue weighted by atomic mass is 19.2. The third kappa shape index (κ3) is 2.97. The topological polar surface area (TPSA) is 64.7 Å². The SMILES string of the molecule is CC1CNCC(C)N1c1c(F)c(F)c(F)c2c1CN(C1CCC(=O)NC1=O)C2. The first-order valence-corrected chi connectivity index (χ1v) is 9.54. The molecular weight excluding hydrogens is 373 g/mol. The van der Waals surface area contributed by atoms with Crippen molar-refractivity contribution in [3.63, 3.8) is 0 Å². The lowest BCUT2D eigenvalue weighted by atomic mass is 10.0. The number of nitrogens with one attached hydrogen (secondary N) is 2. The third-order valence-electron chi connectivity index (χ3n) is 5.97. The van der Waals surface area contributed by atoms with Crippen LogP contribution in [-0.2, 0) is 22.7 Å². The number of benzene rings is 1. The van der Waals surface area contributed by atoms with E-state index in [0.29, 0.717) is 25.1 Å². The number of amides is 2. The molecule has 3 aliphatic rings. The van der Waals surface area contributed by atoms with Gasteiger partial charge < -0.3 is 10.2 Å². The Kier molecular flexibility index (Phi) is 4.83. The van der Waals surface area contributed by atoms with Crippen LogP contribution < -0.4 is 15.5 Å². The van der Waals surface area contributed by atoms with Crippen molar-refractivity contribution in [1.82, 2.24) is 15.5 Å². The highest BCUT2D eigenvalue weighted by Gasteiger charge is 2.41. The molecule has 1 aromatic rings. The lowest BCUT2D eigenvalue weighted by molar-refractivity contribution is -0.137. The van der Waals surface area contributed by atoms with E-state index in [1.54, 1.807) is 9.80 Å². The summed E-state index contributed by atoms with van der Waals surface area (Å²) in [6.07, 6.45) is 0.494. The zero-order chi connectivity index (χ0) is 20.2. The lowest BCUT2D eigenvalue weighted by Crippen LogP contribution is -2.56. The Balaban J connectivity index is 1.74. The molecule has 0 bridgehead atoms. The van der Waals surface area contributed by atoms with Gasteiger partial charge in [-0.25, -0.2) is 13.2 Å². The predicted molar refractivity (Wildman–Crippen MR) is 96.0 cm³/mol. The van der Waals surface area contributed by atoms with Crippen molar-refractivity contribution in [1.29, 1.82) is 0 Å². The summed E-state index contributed by atoms with van der Waals surface area (Å²) in [7, 11) is 0. The maximum absolute atomic E-state index is 14.9. The van der Waals surface area contributed by atoms with Crippen LogP contribution in [0.2, 0.25) is 0 Å². The zero-order valence-electron chi connectivity index (χ0n) is 15.8. The number of carbonyl (C=O) groups is 2. The summed E-state index contributed by atoms with van der Waals surface area (Å²) in [5.74, 6) is -4.64. The molecule has 4 rings (SSSR count). The fourth-order valence-electron chi connectivity index (χ4n) is 4.63. The Labute approximate surface area is 161 Å². The van der Waals surface area contributed by atoms with E-state index in [4.69, 9.17) is 0 Å². The standard InChI is InChI=1S/C19H23F3N4O2/c1-9-5-23-6-10(2)26(9)18-12-8-25(13-3-4-14(27)24-19(13)28)7-11(12)15(20)16(21)17(18)22/h9-10,13,23H,3-8H2,1-2H3,(H,24,27,28). The number of rotatable bonds is 2. The molecule has 3 unspecified atom stereocenters. The van der Waals surface area contributed by atoms with Gasteiger partial charge in [0.15, 0.2) is 17.5 Å². The van der Waals surface area contributed by atoms with Crippen LogP contribution in [0.5, 0.6) is 0 Å². The summed E-state index contributed by atoms with van der Waals surface area (Å²) in [4.78, 5) is 27.1. The molecule has 3 atom stereocenters. The van der Waals surface area contributed by atoms with Gasteiger partial charge in [-0.3, -0.25) is 19.8 Å². The van der Waals surface area contributed by atoms with Crippen molar-refractivity contribution in [2.75, 3.05) is 18.0 Å². The number of imide groups is 1. The number of hydrogen-bond acceptors (Lipinski definition) is 5. The number of anilines is 1. The second kappa shape index (κ2) is 7.04. The number of piperazine rings is 1. The van der Waals surface area contributed by atoms with E-state index in [-0.39, 0.29) is 48.8 Å². The molecule has 152 valence electrons. The minimum absolute atomic E-state index is 0.00644. The number of carbonyl (C=O) groups excluding carboxylic acids is 2. The number of nitrogens with zero attached hydrogens (tertiary/aromatic N) is 2. The minimum Gasteiger partial charge on any atom is -0.361 e. The Bertz CT molecular complexity index is 837. The summed E-state index contributed by atoms with van der Waals surface area (Å²) in [6.45, 7) is 5.16. The van der Waals surface area contributed by atoms with Crippen LogP contribution in [0.3, 0.4) is 0 Å². The molecule has 0 saturated carbocycles. The molecule has 0 radical (unpaired) electrons. The molecule has 9 heteroatoms. The molecule has 2 amide bonds. The summed E-state index contributed by atoms with van der Waals surface area (Å²) < 4.78 is 43.9. The zero-order valence-corrected chi connectivity index (χ0v) is 15.8. The van der Waals surface area contributed by atoms with E-state index in [1.165, 1.54) is 0 Å². The largest absolute Gasteiger partial charge is 0.361 e. The highest BCUT2D eigenvalue weighted by molar-refractivity contribution is 6.00. The molecule has 2 fully saturated rings. The molecular formula is C19H23F3N4O2. The molecule has 3 heterocycles. The number of halogens is 3. The van der Waals surface area contributed by atoms with Crippen molar-refractivity contribution in [3.8, 4) is 0 Å². The maximum Gasteiger partial charge on any atom is 0.243 e. The summed E-state index contributed by atoms with van der Waals surface area (Å²) in [5, 5.41) is 5.52. The Morgan fingerprint density at radius 1 is 0.929 bits per heavy atom. The summed E-state index contributed by atoms with van der Waals surface area (Å²) in [6, 6.07) is -0.824. The first kappa shape index (κ1) is 19.2. The fourth-order valence-corrected chi connectivity index (χ4v) is 4.63. The van der Waals surface area contributed by atoms with Crippen LogP contribution in [0.4, 0.5) is 18.9 Å². The molecule has 2 N–H and O–H groups in total. The highest BCUT2D eigenvalue weighted by Crippen LogP contribution is 2.40. The molecule has 0 spiro atoms. The van der Waals surface area contributed by atoms with Gasteiger partial charge in [-0.15, -0.1) is 0 Å². The maximum atomic E-state index is 14.9. The van der Waals surface area contributed by atoms with Crippen LogP contribution in [0.25, 0.3) is 0 Å². The van der Waals surface area contributed by atoms with Gasteiger partial charge in [-0.05, 0) is 20.3 Å². The molecule has 0 aliphatic carbocycles. The average molecular weight is 396 g/mol. The Morgan fingerprint density at radius 2 is 1.57 bits per heavy atom. The Morgan fingerprint density at radius 3 is 2.21 bits per heavy atom. The van der Waals surface area contributed by atoms with Gasteiger partial charge in [0.2, 0.25) is 11.8 Å². The second-order valence-electron chi connectivity index (χ2n) is 7.88. The quantitative estimate of drug-likeness (QED) is 0.585. The van der Waals surface area contributed by atoms with Gasteiger partial charge in [-0.2, -0.15) is 0 Å². The van der Waals surface area contributed by atoms with Crippen LogP contribution >= 0.6 is 0 Å². The van der Waals surface area contributed by atoms with E-state index >= 15 is 0 Å². The molecule has 1 aromatic carbocycles.